The van der Waals surface area contributed by atoms with Crippen LogP contribution in [0.4, 0.5) is 0 Å². The smallest absolute Gasteiger partial charge is 0.148 e. The molecule has 0 aliphatic heterocycles. The van der Waals surface area contributed by atoms with E-state index >= 15 is 0 Å². The summed E-state index contributed by atoms with van der Waals surface area (Å²) in [5, 5.41) is 4.82. The Morgan fingerprint density at radius 1 is 1.41 bits per heavy atom. The maximum atomic E-state index is 6.18. The van der Waals surface area contributed by atoms with Crippen LogP contribution in [-0.4, -0.2) is 14.8 Å². The fraction of sp³-hybridized carbons (Fsp3) is 0.333. The highest BCUT2D eigenvalue weighted by molar-refractivity contribution is 6.31. The van der Waals surface area contributed by atoms with E-state index in [0.29, 0.717) is 5.02 Å². The molecule has 1 aromatic heterocycles. The monoisotopic (exact) mass is 250 g/mol. The Kier molecular flexibility index (Phi) is 3.76. The molecular weight excluding hydrogens is 236 g/mol. The molecule has 0 saturated heterocycles. The Hall–Kier alpha value is -1.39. The summed E-state index contributed by atoms with van der Waals surface area (Å²) in [5.41, 5.74) is 7.06. The third-order valence-corrected chi connectivity index (χ3v) is 2.94. The molecule has 2 N–H and O–H groups in total. The van der Waals surface area contributed by atoms with Crippen LogP contribution in [0.1, 0.15) is 30.8 Å². The maximum absolute atomic E-state index is 6.18. The molecule has 90 valence electrons. The average Bonchev–Trinajstić information content (AvgIpc) is 2.78. The van der Waals surface area contributed by atoms with Crippen LogP contribution in [0, 0.1) is 0 Å². The SMILES string of the molecule is CCCn1ncnc1C(N)c1ccccc1Cl. The second-order valence-electron chi connectivity index (χ2n) is 3.84. The van der Waals surface area contributed by atoms with Gasteiger partial charge in [-0.2, -0.15) is 5.10 Å². The molecule has 5 heteroatoms. The van der Waals surface area contributed by atoms with Gasteiger partial charge in [-0.25, -0.2) is 9.67 Å². The highest BCUT2D eigenvalue weighted by atomic mass is 35.5. The predicted molar refractivity (Wildman–Crippen MR) is 67.8 cm³/mol. The van der Waals surface area contributed by atoms with Gasteiger partial charge in [-0.3, -0.25) is 0 Å². The summed E-state index contributed by atoms with van der Waals surface area (Å²) in [6, 6.07) is 7.21. The number of aromatic nitrogens is 3. The Morgan fingerprint density at radius 2 is 2.18 bits per heavy atom. The number of benzene rings is 1. The van der Waals surface area contributed by atoms with Crippen molar-refractivity contribution in [3.8, 4) is 0 Å². The van der Waals surface area contributed by atoms with Gasteiger partial charge in [0.1, 0.15) is 12.2 Å². The number of nitrogens with zero attached hydrogens (tertiary/aromatic N) is 3. The number of halogens is 1. The van der Waals surface area contributed by atoms with Gasteiger partial charge in [-0.1, -0.05) is 36.7 Å². The molecule has 2 rings (SSSR count). The van der Waals surface area contributed by atoms with Crippen LogP contribution in [0.3, 0.4) is 0 Å². The molecule has 1 atom stereocenters. The topological polar surface area (TPSA) is 56.7 Å². The zero-order valence-electron chi connectivity index (χ0n) is 9.68. The minimum atomic E-state index is -0.335. The zero-order chi connectivity index (χ0) is 12.3. The first kappa shape index (κ1) is 12.1. The van der Waals surface area contributed by atoms with E-state index in [4.69, 9.17) is 17.3 Å². The van der Waals surface area contributed by atoms with Gasteiger partial charge in [0.05, 0.1) is 6.04 Å². The lowest BCUT2D eigenvalue weighted by molar-refractivity contribution is 0.553. The molecule has 0 amide bonds. The molecule has 0 saturated carbocycles. The number of rotatable bonds is 4. The van der Waals surface area contributed by atoms with Crippen LogP contribution in [-0.2, 0) is 6.54 Å². The van der Waals surface area contributed by atoms with Gasteiger partial charge >= 0.3 is 0 Å². The second-order valence-corrected chi connectivity index (χ2v) is 4.25. The number of aryl methyl sites for hydroxylation is 1. The third kappa shape index (κ3) is 2.48. The Bertz CT molecular complexity index is 495. The molecule has 4 nitrogen and oxygen atoms in total. The lowest BCUT2D eigenvalue weighted by Gasteiger charge is -2.14. The van der Waals surface area contributed by atoms with Crippen molar-refractivity contribution in [2.24, 2.45) is 5.73 Å². The van der Waals surface area contributed by atoms with Gasteiger partial charge in [-0.05, 0) is 18.1 Å². The van der Waals surface area contributed by atoms with Crippen LogP contribution in [0.2, 0.25) is 5.02 Å². The molecule has 0 spiro atoms. The molecule has 1 unspecified atom stereocenters. The average molecular weight is 251 g/mol. The normalized spacial score (nSPS) is 12.6. The minimum absolute atomic E-state index is 0.335. The molecule has 17 heavy (non-hydrogen) atoms. The van der Waals surface area contributed by atoms with Gasteiger partial charge in [0.2, 0.25) is 0 Å². The Balaban J connectivity index is 2.34. The number of hydrogen-bond donors (Lipinski definition) is 1. The van der Waals surface area contributed by atoms with Crippen molar-refractivity contribution in [1.82, 2.24) is 14.8 Å². The quantitative estimate of drug-likeness (QED) is 0.907. The summed E-state index contributed by atoms with van der Waals surface area (Å²) >= 11 is 6.13. The molecule has 1 aromatic carbocycles. The van der Waals surface area contributed by atoms with Crippen molar-refractivity contribution in [3.63, 3.8) is 0 Å². The summed E-state index contributed by atoms with van der Waals surface area (Å²) in [4.78, 5) is 4.22. The van der Waals surface area contributed by atoms with Gasteiger partial charge in [-0.15, -0.1) is 0 Å². The molecule has 0 fully saturated rings. The van der Waals surface area contributed by atoms with E-state index in [0.717, 1.165) is 24.4 Å². The minimum Gasteiger partial charge on any atom is -0.318 e. The van der Waals surface area contributed by atoms with E-state index < -0.39 is 0 Å². The van der Waals surface area contributed by atoms with Crippen LogP contribution >= 0.6 is 11.6 Å². The zero-order valence-corrected chi connectivity index (χ0v) is 10.4. The molecule has 0 bridgehead atoms. The Labute approximate surface area is 105 Å². The van der Waals surface area contributed by atoms with Crippen LogP contribution in [0.5, 0.6) is 0 Å². The molecule has 0 aliphatic carbocycles. The third-order valence-electron chi connectivity index (χ3n) is 2.60. The number of nitrogens with two attached hydrogens (primary N) is 1. The van der Waals surface area contributed by atoms with E-state index in [-0.39, 0.29) is 6.04 Å². The van der Waals surface area contributed by atoms with E-state index in [9.17, 15) is 0 Å². The summed E-state index contributed by atoms with van der Waals surface area (Å²) in [6.07, 6.45) is 2.52. The van der Waals surface area contributed by atoms with Crippen LogP contribution in [0.25, 0.3) is 0 Å². The second kappa shape index (κ2) is 5.29. The highest BCUT2D eigenvalue weighted by Gasteiger charge is 2.17. The summed E-state index contributed by atoms with van der Waals surface area (Å²) in [5.74, 6) is 0.750. The van der Waals surface area contributed by atoms with E-state index in [1.54, 1.807) is 0 Å². The van der Waals surface area contributed by atoms with E-state index in [2.05, 4.69) is 17.0 Å². The van der Waals surface area contributed by atoms with Crippen molar-refractivity contribution in [3.05, 3.63) is 47.0 Å². The van der Waals surface area contributed by atoms with Gasteiger partial charge in [0.25, 0.3) is 0 Å². The lowest BCUT2D eigenvalue weighted by atomic mass is 10.1. The van der Waals surface area contributed by atoms with Crippen molar-refractivity contribution < 1.29 is 0 Å². The van der Waals surface area contributed by atoms with Crippen molar-refractivity contribution in [2.45, 2.75) is 25.9 Å². The van der Waals surface area contributed by atoms with Gasteiger partial charge < -0.3 is 5.73 Å². The van der Waals surface area contributed by atoms with Crippen molar-refractivity contribution in [1.29, 1.82) is 0 Å². The molecule has 2 aromatic rings. The van der Waals surface area contributed by atoms with E-state index in [1.807, 2.05) is 28.9 Å². The highest BCUT2D eigenvalue weighted by Crippen LogP contribution is 2.24. The first-order valence-corrected chi connectivity index (χ1v) is 5.99. The molecule has 1 heterocycles. The maximum Gasteiger partial charge on any atom is 0.148 e. The molecule has 0 aliphatic rings. The standard InChI is InChI=1S/C12H15ClN4/c1-2-7-17-12(15-8-16-17)11(14)9-5-3-4-6-10(9)13/h3-6,8,11H,2,7,14H2,1H3. The first-order chi connectivity index (χ1) is 8.24. The summed E-state index contributed by atoms with van der Waals surface area (Å²) in [7, 11) is 0. The van der Waals surface area contributed by atoms with E-state index in [1.165, 1.54) is 6.33 Å². The van der Waals surface area contributed by atoms with Gasteiger partial charge in [0, 0.05) is 11.6 Å². The Morgan fingerprint density at radius 3 is 2.88 bits per heavy atom. The first-order valence-electron chi connectivity index (χ1n) is 5.61. The predicted octanol–water partition coefficient (Wildman–Crippen LogP) is 2.39. The molecule has 0 radical (unpaired) electrons. The van der Waals surface area contributed by atoms with Crippen molar-refractivity contribution >= 4 is 11.6 Å². The lowest BCUT2D eigenvalue weighted by Crippen LogP contribution is -2.19. The van der Waals surface area contributed by atoms with Crippen molar-refractivity contribution in [2.75, 3.05) is 0 Å². The number of hydrogen-bond acceptors (Lipinski definition) is 3. The summed E-state index contributed by atoms with van der Waals surface area (Å²) in [6.45, 7) is 2.90. The summed E-state index contributed by atoms with van der Waals surface area (Å²) < 4.78 is 1.83. The fourth-order valence-corrected chi connectivity index (χ4v) is 2.02. The largest absolute Gasteiger partial charge is 0.318 e. The van der Waals surface area contributed by atoms with Crippen LogP contribution < -0.4 is 5.73 Å². The van der Waals surface area contributed by atoms with Crippen LogP contribution in [0.15, 0.2) is 30.6 Å². The molecular formula is C12H15ClN4. The fourth-order valence-electron chi connectivity index (χ4n) is 1.76. The van der Waals surface area contributed by atoms with Gasteiger partial charge in [0.15, 0.2) is 0 Å².